The molecule has 0 saturated carbocycles. The minimum atomic E-state index is -0.817. The van der Waals surface area contributed by atoms with Gasteiger partial charge in [-0.1, -0.05) is 0 Å². The van der Waals surface area contributed by atoms with Crippen LogP contribution in [0.1, 0.15) is 33.7 Å². The normalized spacial score (nSPS) is 14.5. The number of hydrogen-bond donors (Lipinski definition) is 1. The van der Waals surface area contributed by atoms with Crippen molar-refractivity contribution >= 4 is 11.9 Å². The number of morpholine rings is 1. The van der Waals surface area contributed by atoms with E-state index in [0.29, 0.717) is 38.3 Å². The lowest BCUT2D eigenvalue weighted by molar-refractivity contribution is -0.136. The molecule has 0 radical (unpaired) electrons. The van der Waals surface area contributed by atoms with Crippen LogP contribution < -0.4 is 0 Å². The molecule has 0 aliphatic carbocycles. The standard InChI is InChI=1S/C19H23N3O4/c1-13-17(7-8-18(23)24)14(2)22(20-13)16-5-3-15(4-6-16)19(25)21-9-11-26-12-10-21/h3-6H,7-12H2,1-2H3,(H,23,24). The van der Waals surface area contributed by atoms with E-state index in [4.69, 9.17) is 9.84 Å². The summed E-state index contributed by atoms with van der Waals surface area (Å²) in [4.78, 5) is 25.1. The van der Waals surface area contributed by atoms with Crippen molar-refractivity contribution in [2.75, 3.05) is 26.3 Å². The molecule has 1 amide bonds. The highest BCUT2D eigenvalue weighted by molar-refractivity contribution is 5.94. The van der Waals surface area contributed by atoms with Gasteiger partial charge in [0, 0.05) is 30.8 Å². The third-order valence-corrected chi connectivity index (χ3v) is 4.69. The molecule has 1 aliphatic heterocycles. The van der Waals surface area contributed by atoms with Gasteiger partial charge in [0.05, 0.1) is 24.6 Å². The first kappa shape index (κ1) is 18.1. The molecule has 0 unspecified atom stereocenters. The summed E-state index contributed by atoms with van der Waals surface area (Å²) in [5, 5.41) is 13.4. The molecule has 1 fully saturated rings. The molecule has 3 rings (SSSR count). The van der Waals surface area contributed by atoms with Gasteiger partial charge < -0.3 is 14.7 Å². The third kappa shape index (κ3) is 3.77. The van der Waals surface area contributed by atoms with Crippen LogP contribution in [0.25, 0.3) is 5.69 Å². The second kappa shape index (κ2) is 7.70. The number of nitrogens with zero attached hydrogens (tertiary/aromatic N) is 3. The fraction of sp³-hybridized carbons (Fsp3) is 0.421. The molecular weight excluding hydrogens is 334 g/mol. The Labute approximate surface area is 152 Å². The molecular formula is C19H23N3O4. The van der Waals surface area contributed by atoms with Crippen molar-refractivity contribution in [2.45, 2.75) is 26.7 Å². The molecule has 1 aromatic heterocycles. The maximum atomic E-state index is 12.5. The van der Waals surface area contributed by atoms with Crippen molar-refractivity contribution in [3.8, 4) is 5.69 Å². The van der Waals surface area contributed by atoms with Crippen LogP contribution in [0.5, 0.6) is 0 Å². The Bertz CT molecular complexity index is 805. The highest BCUT2D eigenvalue weighted by Gasteiger charge is 2.19. The van der Waals surface area contributed by atoms with Gasteiger partial charge in [-0.2, -0.15) is 5.10 Å². The predicted molar refractivity (Wildman–Crippen MR) is 95.7 cm³/mol. The summed E-state index contributed by atoms with van der Waals surface area (Å²) in [6.07, 6.45) is 0.543. The number of hydrogen-bond acceptors (Lipinski definition) is 4. The Hall–Kier alpha value is -2.67. The Kier molecular flexibility index (Phi) is 5.37. The number of rotatable bonds is 5. The molecule has 2 aromatic rings. The van der Waals surface area contributed by atoms with Crippen LogP contribution in [0, 0.1) is 13.8 Å². The number of aryl methyl sites for hydroxylation is 1. The lowest BCUT2D eigenvalue weighted by Gasteiger charge is -2.26. The zero-order valence-electron chi connectivity index (χ0n) is 15.1. The first-order valence-electron chi connectivity index (χ1n) is 8.71. The monoisotopic (exact) mass is 357 g/mol. The Morgan fingerprint density at radius 2 is 1.81 bits per heavy atom. The summed E-state index contributed by atoms with van der Waals surface area (Å²) < 4.78 is 7.08. The van der Waals surface area contributed by atoms with Gasteiger partial charge in [0.1, 0.15) is 0 Å². The van der Waals surface area contributed by atoms with Crippen LogP contribution in [0.15, 0.2) is 24.3 Å². The summed E-state index contributed by atoms with van der Waals surface area (Å²) in [5.41, 5.74) is 4.21. The van der Waals surface area contributed by atoms with Crippen LogP contribution >= 0.6 is 0 Å². The molecule has 7 heteroatoms. The van der Waals surface area contributed by atoms with E-state index in [1.54, 1.807) is 21.7 Å². The number of carboxylic acid groups (broad SMARTS) is 1. The highest BCUT2D eigenvalue weighted by Crippen LogP contribution is 2.20. The maximum absolute atomic E-state index is 12.5. The molecule has 26 heavy (non-hydrogen) atoms. The lowest BCUT2D eigenvalue weighted by atomic mass is 10.1. The largest absolute Gasteiger partial charge is 0.481 e. The van der Waals surface area contributed by atoms with Crippen molar-refractivity contribution in [3.05, 3.63) is 46.8 Å². The van der Waals surface area contributed by atoms with Crippen molar-refractivity contribution in [2.24, 2.45) is 0 Å². The molecule has 2 heterocycles. The van der Waals surface area contributed by atoms with Crippen LogP contribution in [-0.2, 0) is 16.0 Å². The quantitative estimate of drug-likeness (QED) is 0.884. The van der Waals surface area contributed by atoms with E-state index in [9.17, 15) is 9.59 Å². The predicted octanol–water partition coefficient (Wildman–Crippen LogP) is 1.98. The van der Waals surface area contributed by atoms with E-state index in [1.807, 2.05) is 26.0 Å². The number of benzene rings is 1. The van der Waals surface area contributed by atoms with Crippen molar-refractivity contribution in [3.63, 3.8) is 0 Å². The summed E-state index contributed by atoms with van der Waals surface area (Å²) >= 11 is 0. The molecule has 0 bridgehead atoms. The van der Waals surface area contributed by atoms with E-state index < -0.39 is 5.97 Å². The molecule has 1 N–H and O–H groups in total. The van der Waals surface area contributed by atoms with Gasteiger partial charge in [0.2, 0.25) is 0 Å². The van der Waals surface area contributed by atoms with E-state index in [2.05, 4.69) is 5.10 Å². The van der Waals surface area contributed by atoms with Gasteiger partial charge in [-0.3, -0.25) is 9.59 Å². The van der Waals surface area contributed by atoms with Crippen LogP contribution in [0.4, 0.5) is 0 Å². The van der Waals surface area contributed by atoms with Crippen molar-refractivity contribution in [1.29, 1.82) is 0 Å². The number of aliphatic carboxylic acids is 1. The molecule has 1 aromatic carbocycles. The van der Waals surface area contributed by atoms with Crippen molar-refractivity contribution in [1.82, 2.24) is 14.7 Å². The topological polar surface area (TPSA) is 84.7 Å². The fourth-order valence-corrected chi connectivity index (χ4v) is 3.21. The smallest absolute Gasteiger partial charge is 0.303 e. The summed E-state index contributed by atoms with van der Waals surface area (Å²) in [6.45, 7) is 6.21. The minimum Gasteiger partial charge on any atom is -0.481 e. The Morgan fingerprint density at radius 1 is 1.15 bits per heavy atom. The first-order chi connectivity index (χ1) is 12.5. The molecule has 1 aliphatic rings. The maximum Gasteiger partial charge on any atom is 0.303 e. The molecule has 7 nitrogen and oxygen atoms in total. The Morgan fingerprint density at radius 3 is 2.42 bits per heavy atom. The number of carbonyl (C=O) groups excluding carboxylic acids is 1. The Balaban J connectivity index is 1.79. The van der Waals surface area contributed by atoms with Gasteiger partial charge in [-0.05, 0) is 50.1 Å². The van der Waals surface area contributed by atoms with E-state index >= 15 is 0 Å². The van der Waals surface area contributed by atoms with Gasteiger partial charge >= 0.3 is 5.97 Å². The second-order valence-electron chi connectivity index (χ2n) is 6.41. The van der Waals surface area contributed by atoms with E-state index in [1.165, 1.54) is 0 Å². The number of carboxylic acids is 1. The highest BCUT2D eigenvalue weighted by atomic mass is 16.5. The van der Waals surface area contributed by atoms with Crippen molar-refractivity contribution < 1.29 is 19.4 Å². The average Bonchev–Trinajstić information content (AvgIpc) is 2.94. The van der Waals surface area contributed by atoms with Gasteiger partial charge in [-0.15, -0.1) is 0 Å². The number of aromatic nitrogens is 2. The van der Waals surface area contributed by atoms with E-state index in [-0.39, 0.29) is 12.3 Å². The summed E-state index contributed by atoms with van der Waals surface area (Å²) in [5.74, 6) is -0.808. The van der Waals surface area contributed by atoms with Gasteiger partial charge in [0.15, 0.2) is 0 Å². The molecule has 0 atom stereocenters. The van der Waals surface area contributed by atoms with Crippen LogP contribution in [-0.4, -0.2) is 58.0 Å². The average molecular weight is 357 g/mol. The zero-order chi connectivity index (χ0) is 18.7. The van der Waals surface area contributed by atoms with Crippen LogP contribution in [0.2, 0.25) is 0 Å². The number of carbonyl (C=O) groups is 2. The zero-order valence-corrected chi connectivity index (χ0v) is 15.1. The van der Waals surface area contributed by atoms with E-state index in [0.717, 1.165) is 22.6 Å². The first-order valence-corrected chi connectivity index (χ1v) is 8.71. The number of amides is 1. The third-order valence-electron chi connectivity index (χ3n) is 4.69. The molecule has 138 valence electrons. The number of ether oxygens (including phenoxy) is 1. The fourth-order valence-electron chi connectivity index (χ4n) is 3.21. The lowest BCUT2D eigenvalue weighted by Crippen LogP contribution is -2.40. The van der Waals surface area contributed by atoms with Gasteiger partial charge in [0.25, 0.3) is 5.91 Å². The summed E-state index contributed by atoms with van der Waals surface area (Å²) in [6, 6.07) is 7.35. The molecule has 0 spiro atoms. The summed E-state index contributed by atoms with van der Waals surface area (Å²) in [7, 11) is 0. The minimum absolute atomic E-state index is 0.00960. The molecule has 1 saturated heterocycles. The van der Waals surface area contributed by atoms with Crippen LogP contribution in [0.3, 0.4) is 0 Å². The second-order valence-corrected chi connectivity index (χ2v) is 6.41. The van der Waals surface area contributed by atoms with Gasteiger partial charge in [-0.25, -0.2) is 4.68 Å². The SMILES string of the molecule is Cc1nn(-c2ccc(C(=O)N3CCOCC3)cc2)c(C)c1CCC(=O)O.